The van der Waals surface area contributed by atoms with Crippen LogP contribution in [0.1, 0.15) is 76.6 Å². The fourth-order valence-corrected chi connectivity index (χ4v) is 4.47. The molecule has 0 bridgehead atoms. The number of fused-ring (bicyclic) bond motifs is 1. The van der Waals surface area contributed by atoms with E-state index in [1.54, 1.807) is 0 Å². The summed E-state index contributed by atoms with van der Waals surface area (Å²) in [5.41, 5.74) is 16.5. The monoisotopic (exact) mass is 470 g/mol. The highest BCUT2D eigenvalue weighted by atomic mass is 35.5. The van der Waals surface area contributed by atoms with Crippen LogP contribution in [-0.4, -0.2) is 31.8 Å². The molecular weight excluding hydrogens is 436 g/mol. The number of nitrogen functional groups attached to an aromatic ring is 1. The van der Waals surface area contributed by atoms with Gasteiger partial charge in [-0.25, -0.2) is 4.98 Å². The molecule has 4 rings (SSSR count). The average molecular weight is 471 g/mol. The topological polar surface area (TPSA) is 120 Å². The van der Waals surface area contributed by atoms with Gasteiger partial charge in [0.1, 0.15) is 11.0 Å². The van der Waals surface area contributed by atoms with Crippen LogP contribution in [0.3, 0.4) is 0 Å². The minimum Gasteiger partial charge on any atom is -0.398 e. The number of rotatable bonds is 7. The third-order valence-electron chi connectivity index (χ3n) is 6.23. The molecule has 33 heavy (non-hydrogen) atoms. The normalized spacial score (nSPS) is 18.9. The zero-order valence-corrected chi connectivity index (χ0v) is 20.7. The molecule has 0 spiro atoms. The van der Waals surface area contributed by atoms with Gasteiger partial charge < -0.3 is 22.1 Å². The molecule has 3 aromatic rings. The number of aromatic nitrogens is 4. The molecule has 0 unspecified atom stereocenters. The van der Waals surface area contributed by atoms with Gasteiger partial charge in [0.25, 0.3) is 0 Å². The van der Waals surface area contributed by atoms with Crippen LogP contribution in [0.4, 0.5) is 17.5 Å². The highest BCUT2D eigenvalue weighted by Gasteiger charge is 2.24. The van der Waals surface area contributed by atoms with Crippen molar-refractivity contribution in [1.82, 2.24) is 19.7 Å². The molecule has 1 aromatic carbocycles. The Bertz CT molecular complexity index is 1120. The number of nitrogens with one attached hydrogen (secondary N) is 2. The van der Waals surface area contributed by atoms with Gasteiger partial charge in [-0.05, 0) is 63.1 Å². The van der Waals surface area contributed by atoms with Crippen molar-refractivity contribution in [1.29, 1.82) is 0 Å². The Morgan fingerprint density at radius 2 is 1.85 bits per heavy atom. The van der Waals surface area contributed by atoms with Crippen LogP contribution in [-0.2, 0) is 6.54 Å². The van der Waals surface area contributed by atoms with Crippen LogP contribution in [0, 0.1) is 0 Å². The maximum absolute atomic E-state index is 6.09. The van der Waals surface area contributed by atoms with E-state index in [1.165, 1.54) is 0 Å². The summed E-state index contributed by atoms with van der Waals surface area (Å²) in [6, 6.07) is 6.47. The maximum atomic E-state index is 6.09. The quantitative estimate of drug-likeness (QED) is 0.356. The average Bonchev–Trinajstić information content (AvgIpc) is 3.16. The second-order valence-electron chi connectivity index (χ2n) is 9.64. The summed E-state index contributed by atoms with van der Waals surface area (Å²) in [5, 5.41) is 12.6. The van der Waals surface area contributed by atoms with Crippen LogP contribution < -0.4 is 22.1 Å². The Kier molecular flexibility index (Phi) is 6.95. The molecule has 1 fully saturated rings. The minimum absolute atomic E-state index is 0.175. The third kappa shape index (κ3) is 5.17. The van der Waals surface area contributed by atoms with Gasteiger partial charge in [0.2, 0.25) is 5.95 Å². The number of benzene rings is 1. The van der Waals surface area contributed by atoms with Crippen LogP contribution >= 0.6 is 11.6 Å². The van der Waals surface area contributed by atoms with E-state index >= 15 is 0 Å². The summed E-state index contributed by atoms with van der Waals surface area (Å²) in [7, 11) is 0. The lowest BCUT2D eigenvalue weighted by Gasteiger charge is -2.27. The Morgan fingerprint density at radius 1 is 1.12 bits per heavy atom. The van der Waals surface area contributed by atoms with Gasteiger partial charge in [0.15, 0.2) is 5.82 Å². The van der Waals surface area contributed by atoms with Crippen molar-refractivity contribution in [3.8, 4) is 0 Å². The molecule has 8 nitrogen and oxygen atoms in total. The van der Waals surface area contributed by atoms with Gasteiger partial charge in [-0.15, -0.1) is 0 Å². The predicted octanol–water partition coefficient (Wildman–Crippen LogP) is 5.06. The van der Waals surface area contributed by atoms with Crippen LogP contribution in [0.15, 0.2) is 18.2 Å². The molecule has 2 heterocycles. The largest absolute Gasteiger partial charge is 0.398 e. The third-order valence-corrected chi connectivity index (χ3v) is 6.58. The molecule has 0 saturated heterocycles. The molecule has 1 aliphatic carbocycles. The van der Waals surface area contributed by atoms with Crippen molar-refractivity contribution in [3.63, 3.8) is 0 Å². The van der Waals surface area contributed by atoms with E-state index < -0.39 is 0 Å². The van der Waals surface area contributed by atoms with E-state index in [0.29, 0.717) is 35.3 Å². The zero-order valence-electron chi connectivity index (χ0n) is 19.9. The van der Waals surface area contributed by atoms with E-state index in [4.69, 9.17) is 38.1 Å². The highest BCUT2D eigenvalue weighted by molar-refractivity contribution is 6.33. The first-order valence-electron chi connectivity index (χ1n) is 11.8. The zero-order chi connectivity index (χ0) is 23.7. The fourth-order valence-electron chi connectivity index (χ4n) is 4.35. The van der Waals surface area contributed by atoms with Crippen molar-refractivity contribution >= 4 is 40.1 Å². The van der Waals surface area contributed by atoms with Gasteiger partial charge in [0.05, 0.1) is 16.4 Å². The van der Waals surface area contributed by atoms with Gasteiger partial charge >= 0.3 is 0 Å². The molecule has 0 radical (unpaired) electrons. The molecule has 1 saturated carbocycles. The first-order valence-corrected chi connectivity index (χ1v) is 12.2. The summed E-state index contributed by atoms with van der Waals surface area (Å²) in [6.07, 6.45) is 4.09. The molecule has 0 amide bonds. The first kappa shape index (κ1) is 23.6. The van der Waals surface area contributed by atoms with E-state index in [9.17, 15) is 0 Å². The number of hydrogen-bond donors (Lipinski definition) is 4. The Hall–Kier alpha value is -2.58. The predicted molar refractivity (Wildman–Crippen MR) is 137 cm³/mol. The molecular formula is C24H35ClN8. The van der Waals surface area contributed by atoms with Crippen LogP contribution in [0.25, 0.3) is 11.0 Å². The van der Waals surface area contributed by atoms with Crippen molar-refractivity contribution in [3.05, 3.63) is 34.5 Å². The Labute approximate surface area is 200 Å². The molecule has 0 aliphatic heterocycles. The van der Waals surface area contributed by atoms with E-state index in [1.807, 2.05) is 22.9 Å². The molecule has 0 atom stereocenters. The van der Waals surface area contributed by atoms with E-state index in [-0.39, 0.29) is 12.0 Å². The molecule has 2 aromatic heterocycles. The minimum atomic E-state index is 0.175. The number of nitrogens with zero attached hydrogens (tertiary/aromatic N) is 4. The van der Waals surface area contributed by atoms with Gasteiger partial charge in [-0.1, -0.05) is 31.5 Å². The highest BCUT2D eigenvalue weighted by Crippen LogP contribution is 2.32. The van der Waals surface area contributed by atoms with Gasteiger partial charge in [0, 0.05) is 24.7 Å². The van der Waals surface area contributed by atoms with Crippen LogP contribution in [0.2, 0.25) is 5.02 Å². The summed E-state index contributed by atoms with van der Waals surface area (Å²) < 4.78 is 2.02. The van der Waals surface area contributed by atoms with Crippen molar-refractivity contribution in [2.24, 2.45) is 5.73 Å². The molecule has 6 N–H and O–H groups in total. The summed E-state index contributed by atoms with van der Waals surface area (Å²) in [5.74, 6) is 1.63. The Morgan fingerprint density at radius 3 is 2.48 bits per heavy atom. The second-order valence-corrected chi connectivity index (χ2v) is 10.0. The lowest BCUT2D eigenvalue weighted by Crippen LogP contribution is -2.33. The SMILES string of the molecule is CC(C)c1nn(C(C)C)c2c(NCc3ccc(Cl)c(N)c3)nc(NC3CCC(N)CC3)nc12. The summed E-state index contributed by atoms with van der Waals surface area (Å²) >= 11 is 6.09. The number of nitrogens with two attached hydrogens (primary N) is 2. The lowest BCUT2D eigenvalue weighted by atomic mass is 9.92. The van der Waals surface area contributed by atoms with Crippen molar-refractivity contribution in [2.75, 3.05) is 16.4 Å². The van der Waals surface area contributed by atoms with Crippen molar-refractivity contribution in [2.45, 2.75) is 84.0 Å². The summed E-state index contributed by atoms with van der Waals surface area (Å²) in [4.78, 5) is 9.84. The number of anilines is 3. The molecule has 9 heteroatoms. The second kappa shape index (κ2) is 9.73. The summed E-state index contributed by atoms with van der Waals surface area (Å²) in [6.45, 7) is 9.10. The Balaban J connectivity index is 1.73. The van der Waals surface area contributed by atoms with E-state index in [2.05, 4.69) is 38.3 Å². The van der Waals surface area contributed by atoms with Crippen LogP contribution in [0.5, 0.6) is 0 Å². The lowest BCUT2D eigenvalue weighted by molar-refractivity contribution is 0.410. The fraction of sp³-hybridized carbons (Fsp3) is 0.542. The maximum Gasteiger partial charge on any atom is 0.225 e. The number of halogens is 1. The molecule has 1 aliphatic rings. The van der Waals surface area contributed by atoms with E-state index in [0.717, 1.165) is 53.8 Å². The number of hydrogen-bond acceptors (Lipinski definition) is 7. The van der Waals surface area contributed by atoms with Crippen molar-refractivity contribution < 1.29 is 0 Å². The standard InChI is InChI=1S/C24H35ClN8/c1-13(2)20-21-22(33(32-20)14(3)4)23(28-12-15-5-10-18(25)19(27)11-15)31-24(30-21)29-17-8-6-16(26)7-9-17/h5,10-11,13-14,16-17H,6-9,12,26-27H2,1-4H3,(H2,28,29,30,31). The van der Waals surface area contributed by atoms with Gasteiger partial charge in [-0.3, -0.25) is 4.68 Å². The molecule has 178 valence electrons. The first-order chi connectivity index (χ1) is 15.7. The van der Waals surface area contributed by atoms with Gasteiger partial charge in [-0.2, -0.15) is 10.1 Å². The smallest absolute Gasteiger partial charge is 0.225 e.